The summed E-state index contributed by atoms with van der Waals surface area (Å²) >= 11 is 15.1. The first-order chi connectivity index (χ1) is 17.4. The van der Waals surface area contributed by atoms with Crippen molar-refractivity contribution in [2.75, 3.05) is 30.2 Å². The molecule has 3 rings (SSSR count). The summed E-state index contributed by atoms with van der Waals surface area (Å²) in [5.74, 6) is 1.81. The lowest BCUT2D eigenvalue weighted by molar-refractivity contribution is -0.113. The van der Waals surface area contributed by atoms with Crippen molar-refractivity contribution in [2.24, 2.45) is 0 Å². The van der Waals surface area contributed by atoms with Gasteiger partial charge in [0, 0.05) is 12.1 Å². The van der Waals surface area contributed by atoms with E-state index in [-0.39, 0.29) is 23.6 Å². The smallest absolute Gasteiger partial charge is 0.251 e. The van der Waals surface area contributed by atoms with Crippen molar-refractivity contribution < 1.29 is 14.3 Å². The second kappa shape index (κ2) is 13.8. The first-order valence-corrected chi connectivity index (χ1v) is 14.2. The van der Waals surface area contributed by atoms with Gasteiger partial charge in [0.1, 0.15) is 5.75 Å². The van der Waals surface area contributed by atoms with E-state index >= 15 is 0 Å². The summed E-state index contributed by atoms with van der Waals surface area (Å²) in [4.78, 5) is 25.5. The van der Waals surface area contributed by atoms with Crippen LogP contribution in [-0.4, -0.2) is 51.5 Å². The van der Waals surface area contributed by atoms with Gasteiger partial charge in [-0.15, -0.1) is 10.2 Å². The van der Waals surface area contributed by atoms with Gasteiger partial charge >= 0.3 is 0 Å². The molecule has 0 fully saturated rings. The van der Waals surface area contributed by atoms with Gasteiger partial charge in [0.25, 0.3) is 5.91 Å². The highest BCUT2D eigenvalue weighted by Gasteiger charge is 2.23. The van der Waals surface area contributed by atoms with E-state index in [4.69, 9.17) is 27.9 Å². The zero-order valence-electron chi connectivity index (χ0n) is 20.1. The fraction of sp³-hybridized carbons (Fsp3) is 0.333. The first-order valence-electron chi connectivity index (χ1n) is 11.1. The Bertz CT molecular complexity index is 1190. The number of rotatable bonds is 12. The van der Waals surface area contributed by atoms with Gasteiger partial charge in [-0.2, -0.15) is 11.8 Å². The highest BCUT2D eigenvalue weighted by atomic mass is 35.5. The van der Waals surface area contributed by atoms with E-state index in [9.17, 15) is 9.59 Å². The molecule has 2 amide bonds. The topological polar surface area (TPSA) is 98.1 Å². The van der Waals surface area contributed by atoms with E-state index in [1.165, 1.54) is 11.8 Å². The van der Waals surface area contributed by atoms with Crippen LogP contribution in [0.5, 0.6) is 5.75 Å². The standard InChI is InChI=1S/C24H27Cl2N5O3S2/c1-4-31-22(19(12-13-35-3)28-23(33)15-8-10-16(34-2)11-9-15)29-30-24(31)36-14-20(32)27-18-7-5-6-17(25)21(18)26/h5-11,19H,4,12-14H2,1-3H3,(H,27,32)(H,28,33)/t19-/m0/s1. The molecule has 1 heterocycles. The number of nitrogens with zero attached hydrogens (tertiary/aromatic N) is 3. The second-order valence-electron chi connectivity index (χ2n) is 7.56. The fourth-order valence-corrected chi connectivity index (χ4v) is 4.99. The van der Waals surface area contributed by atoms with Crippen LogP contribution in [0, 0.1) is 0 Å². The molecule has 8 nitrogen and oxygen atoms in total. The third-order valence-electron chi connectivity index (χ3n) is 5.20. The molecule has 0 aliphatic heterocycles. The third-order valence-corrected chi connectivity index (χ3v) is 7.63. The Balaban J connectivity index is 1.72. The maximum absolute atomic E-state index is 12.9. The average molecular weight is 569 g/mol. The van der Waals surface area contributed by atoms with Crippen LogP contribution >= 0.6 is 46.7 Å². The molecule has 0 radical (unpaired) electrons. The largest absolute Gasteiger partial charge is 0.497 e. The highest BCUT2D eigenvalue weighted by molar-refractivity contribution is 7.99. The Kier molecular flexibility index (Phi) is 10.8. The van der Waals surface area contributed by atoms with Crippen molar-refractivity contribution in [1.29, 1.82) is 0 Å². The normalized spacial score (nSPS) is 11.7. The van der Waals surface area contributed by atoms with E-state index < -0.39 is 0 Å². The molecule has 192 valence electrons. The van der Waals surface area contributed by atoms with Crippen LogP contribution in [0.3, 0.4) is 0 Å². The summed E-state index contributed by atoms with van der Waals surface area (Å²) in [6, 6.07) is 11.6. The number of anilines is 1. The molecule has 36 heavy (non-hydrogen) atoms. The molecule has 0 aliphatic rings. The van der Waals surface area contributed by atoms with Crippen molar-refractivity contribution >= 4 is 64.2 Å². The number of amides is 2. The number of halogens is 2. The number of hydrogen-bond donors (Lipinski definition) is 2. The second-order valence-corrected chi connectivity index (χ2v) is 10.3. The fourth-order valence-electron chi connectivity index (χ4n) is 3.36. The zero-order chi connectivity index (χ0) is 26.1. The summed E-state index contributed by atoms with van der Waals surface area (Å²) in [7, 11) is 1.58. The van der Waals surface area contributed by atoms with Gasteiger partial charge < -0.3 is 19.9 Å². The minimum Gasteiger partial charge on any atom is -0.497 e. The average Bonchev–Trinajstić information content (AvgIpc) is 3.30. The third kappa shape index (κ3) is 7.32. The van der Waals surface area contributed by atoms with E-state index in [0.29, 0.717) is 51.0 Å². The summed E-state index contributed by atoms with van der Waals surface area (Å²) in [5, 5.41) is 15.8. The molecule has 3 aromatic rings. The predicted octanol–water partition coefficient (Wildman–Crippen LogP) is 5.57. The van der Waals surface area contributed by atoms with Crippen LogP contribution in [0.25, 0.3) is 0 Å². The number of methoxy groups -OCH3 is 1. The zero-order valence-corrected chi connectivity index (χ0v) is 23.2. The van der Waals surface area contributed by atoms with E-state index in [2.05, 4.69) is 20.8 Å². The van der Waals surface area contributed by atoms with Crippen molar-refractivity contribution in [3.05, 3.63) is 63.9 Å². The molecule has 1 atom stereocenters. The summed E-state index contributed by atoms with van der Waals surface area (Å²) in [5.41, 5.74) is 0.976. The summed E-state index contributed by atoms with van der Waals surface area (Å²) in [6.07, 6.45) is 2.69. The molecule has 2 N–H and O–H groups in total. The molecule has 2 aromatic carbocycles. The van der Waals surface area contributed by atoms with Crippen molar-refractivity contribution in [2.45, 2.75) is 31.1 Å². The number of aromatic nitrogens is 3. The van der Waals surface area contributed by atoms with Crippen LogP contribution in [0.4, 0.5) is 5.69 Å². The van der Waals surface area contributed by atoms with Gasteiger partial charge in [-0.05, 0) is 61.8 Å². The van der Waals surface area contributed by atoms with Crippen LogP contribution in [0.1, 0.15) is 35.6 Å². The Labute approximate surface area is 228 Å². The number of thioether (sulfide) groups is 2. The summed E-state index contributed by atoms with van der Waals surface area (Å²) < 4.78 is 7.09. The van der Waals surface area contributed by atoms with Gasteiger partial charge in [0.05, 0.1) is 34.6 Å². The van der Waals surface area contributed by atoms with Crippen molar-refractivity contribution in [3.63, 3.8) is 0 Å². The molecule has 0 bridgehead atoms. The summed E-state index contributed by atoms with van der Waals surface area (Å²) in [6.45, 7) is 2.56. The molecule has 12 heteroatoms. The van der Waals surface area contributed by atoms with Crippen LogP contribution in [0.15, 0.2) is 47.6 Å². The van der Waals surface area contributed by atoms with Crippen LogP contribution < -0.4 is 15.4 Å². The van der Waals surface area contributed by atoms with Gasteiger partial charge in [-0.25, -0.2) is 0 Å². The number of hydrogen-bond acceptors (Lipinski definition) is 7. The van der Waals surface area contributed by atoms with E-state index in [1.54, 1.807) is 61.3 Å². The molecule has 0 spiro atoms. The lowest BCUT2D eigenvalue weighted by atomic mass is 10.1. The minimum atomic E-state index is -0.340. The van der Waals surface area contributed by atoms with E-state index in [0.717, 1.165) is 5.75 Å². The Morgan fingerprint density at radius 2 is 1.89 bits per heavy atom. The van der Waals surface area contributed by atoms with Gasteiger partial charge in [0.15, 0.2) is 11.0 Å². The number of carbonyl (C=O) groups excluding carboxylic acids is 2. The minimum absolute atomic E-state index is 0.106. The number of nitrogens with one attached hydrogen (secondary N) is 2. The Hall–Kier alpha value is -2.40. The maximum atomic E-state index is 12.9. The van der Waals surface area contributed by atoms with Crippen molar-refractivity contribution in [3.8, 4) is 5.75 Å². The molecular weight excluding hydrogens is 541 g/mol. The number of ether oxygens (including phenoxy) is 1. The van der Waals surface area contributed by atoms with Crippen LogP contribution in [0.2, 0.25) is 10.0 Å². The lowest BCUT2D eigenvalue weighted by Gasteiger charge is -2.19. The van der Waals surface area contributed by atoms with Gasteiger partial charge in [-0.3, -0.25) is 9.59 Å². The molecule has 1 aromatic heterocycles. The van der Waals surface area contributed by atoms with Crippen molar-refractivity contribution in [1.82, 2.24) is 20.1 Å². The quantitative estimate of drug-likeness (QED) is 0.276. The number of carbonyl (C=O) groups is 2. The maximum Gasteiger partial charge on any atom is 0.251 e. The first kappa shape index (κ1) is 28.2. The predicted molar refractivity (Wildman–Crippen MR) is 148 cm³/mol. The van der Waals surface area contributed by atoms with Gasteiger partial charge in [0.2, 0.25) is 5.91 Å². The number of benzene rings is 2. The Morgan fingerprint density at radius 1 is 1.14 bits per heavy atom. The Morgan fingerprint density at radius 3 is 2.56 bits per heavy atom. The lowest BCUT2D eigenvalue weighted by Crippen LogP contribution is -2.31. The molecule has 0 saturated heterocycles. The van der Waals surface area contributed by atoms with E-state index in [1.807, 2.05) is 17.7 Å². The van der Waals surface area contributed by atoms with Crippen LogP contribution in [-0.2, 0) is 11.3 Å². The monoisotopic (exact) mass is 567 g/mol. The molecule has 0 aliphatic carbocycles. The van der Waals surface area contributed by atoms with Gasteiger partial charge in [-0.1, -0.05) is 41.0 Å². The highest BCUT2D eigenvalue weighted by Crippen LogP contribution is 2.30. The molecular formula is C24H27Cl2N5O3S2. The molecule has 0 unspecified atom stereocenters. The SMILES string of the molecule is CCn1c(SCC(=O)Nc2cccc(Cl)c2Cl)nnc1[C@H](CCSC)NC(=O)c1ccc(OC)cc1. The molecule has 0 saturated carbocycles.